The number of nitrogens with zero attached hydrogens (tertiary/aromatic N) is 1. The number of carbonyl (C=O) groups is 1. The van der Waals surface area contributed by atoms with E-state index < -0.39 is 0 Å². The molecule has 0 spiro atoms. The number of carbonyl (C=O) groups excluding carboxylic acids is 1. The van der Waals surface area contributed by atoms with Crippen LogP contribution in [-0.4, -0.2) is 22.9 Å². The summed E-state index contributed by atoms with van der Waals surface area (Å²) in [6, 6.07) is 7.30. The van der Waals surface area contributed by atoms with Gasteiger partial charge < -0.3 is 4.90 Å². The van der Waals surface area contributed by atoms with Crippen molar-refractivity contribution in [2.24, 2.45) is 0 Å². The molecular formula is C16H20FNO. The van der Waals surface area contributed by atoms with E-state index in [1.807, 2.05) is 6.07 Å². The van der Waals surface area contributed by atoms with Crippen LogP contribution in [0.2, 0.25) is 0 Å². The molecule has 2 saturated carbocycles. The van der Waals surface area contributed by atoms with E-state index in [0.29, 0.717) is 18.5 Å². The monoisotopic (exact) mass is 261 g/mol. The molecule has 0 heterocycles. The molecule has 0 bridgehead atoms. The zero-order valence-electron chi connectivity index (χ0n) is 11.1. The van der Waals surface area contributed by atoms with Crippen molar-refractivity contribution in [1.29, 1.82) is 0 Å². The maximum absolute atomic E-state index is 13.2. The van der Waals surface area contributed by atoms with Crippen LogP contribution in [0.3, 0.4) is 0 Å². The van der Waals surface area contributed by atoms with Crippen molar-refractivity contribution >= 4 is 5.91 Å². The van der Waals surface area contributed by atoms with Gasteiger partial charge in [0.05, 0.1) is 6.42 Å². The zero-order valence-corrected chi connectivity index (χ0v) is 11.1. The van der Waals surface area contributed by atoms with Crippen molar-refractivity contribution in [2.45, 2.75) is 57.0 Å². The van der Waals surface area contributed by atoms with E-state index in [9.17, 15) is 9.18 Å². The Balaban J connectivity index is 1.70. The summed E-state index contributed by atoms with van der Waals surface area (Å²) in [6.07, 6.45) is 7.39. The predicted molar refractivity (Wildman–Crippen MR) is 72.2 cm³/mol. The molecule has 3 rings (SSSR count). The molecule has 0 aliphatic heterocycles. The fraction of sp³-hybridized carbons (Fsp3) is 0.562. The zero-order chi connectivity index (χ0) is 13.2. The Labute approximate surface area is 113 Å². The van der Waals surface area contributed by atoms with Crippen molar-refractivity contribution in [3.05, 3.63) is 35.6 Å². The summed E-state index contributed by atoms with van der Waals surface area (Å²) in [5.74, 6) is -0.0795. The number of halogens is 1. The summed E-state index contributed by atoms with van der Waals surface area (Å²) >= 11 is 0. The van der Waals surface area contributed by atoms with Crippen LogP contribution in [0.4, 0.5) is 4.39 Å². The Kier molecular flexibility index (Phi) is 3.54. The average Bonchev–Trinajstić information content (AvgIpc) is 3.04. The lowest BCUT2D eigenvalue weighted by Crippen LogP contribution is -2.41. The first-order valence-electron chi connectivity index (χ1n) is 7.29. The number of amides is 1. The topological polar surface area (TPSA) is 20.3 Å². The fourth-order valence-electron chi connectivity index (χ4n) is 3.15. The summed E-state index contributed by atoms with van der Waals surface area (Å²) in [7, 11) is 0. The van der Waals surface area contributed by atoms with E-state index >= 15 is 0 Å². The molecule has 0 radical (unpaired) electrons. The van der Waals surface area contributed by atoms with Crippen LogP contribution >= 0.6 is 0 Å². The number of hydrogen-bond acceptors (Lipinski definition) is 1. The van der Waals surface area contributed by atoms with Gasteiger partial charge in [0.1, 0.15) is 5.82 Å². The third kappa shape index (κ3) is 2.96. The molecule has 102 valence electrons. The third-order valence-corrected chi connectivity index (χ3v) is 4.19. The van der Waals surface area contributed by atoms with Crippen molar-refractivity contribution in [3.8, 4) is 0 Å². The second-order valence-corrected chi connectivity index (χ2v) is 5.78. The molecular weight excluding hydrogens is 241 g/mol. The quantitative estimate of drug-likeness (QED) is 0.814. The lowest BCUT2D eigenvalue weighted by Gasteiger charge is -2.29. The molecule has 0 saturated heterocycles. The Hall–Kier alpha value is -1.38. The Morgan fingerprint density at radius 1 is 1.16 bits per heavy atom. The van der Waals surface area contributed by atoms with Gasteiger partial charge in [-0.05, 0) is 43.4 Å². The molecule has 2 aliphatic rings. The van der Waals surface area contributed by atoms with Crippen LogP contribution < -0.4 is 0 Å². The fourth-order valence-corrected chi connectivity index (χ4v) is 3.15. The molecule has 2 fully saturated rings. The number of rotatable bonds is 4. The first-order chi connectivity index (χ1) is 9.24. The van der Waals surface area contributed by atoms with Gasteiger partial charge in [-0.1, -0.05) is 25.0 Å². The highest BCUT2D eigenvalue weighted by molar-refractivity contribution is 5.79. The van der Waals surface area contributed by atoms with Crippen LogP contribution in [0.25, 0.3) is 0 Å². The predicted octanol–water partition coefficient (Wildman–Crippen LogP) is 3.30. The molecule has 19 heavy (non-hydrogen) atoms. The van der Waals surface area contributed by atoms with Crippen molar-refractivity contribution in [3.63, 3.8) is 0 Å². The minimum Gasteiger partial charge on any atom is -0.336 e. The van der Waals surface area contributed by atoms with Gasteiger partial charge in [-0.2, -0.15) is 0 Å². The lowest BCUT2D eigenvalue weighted by molar-refractivity contribution is -0.133. The van der Waals surface area contributed by atoms with Crippen LogP contribution in [0, 0.1) is 5.82 Å². The minimum atomic E-state index is -0.260. The number of benzene rings is 1. The summed E-state index contributed by atoms with van der Waals surface area (Å²) < 4.78 is 13.2. The van der Waals surface area contributed by atoms with Gasteiger partial charge in [0.25, 0.3) is 0 Å². The van der Waals surface area contributed by atoms with E-state index in [-0.39, 0.29) is 11.7 Å². The normalized spacial score (nSPS) is 19.6. The SMILES string of the molecule is O=C(Cc1cccc(F)c1)N(C1CCCC1)C1CC1. The Bertz CT molecular complexity index is 464. The van der Waals surface area contributed by atoms with Gasteiger partial charge in [-0.25, -0.2) is 4.39 Å². The van der Waals surface area contributed by atoms with E-state index in [1.165, 1.54) is 25.0 Å². The summed E-state index contributed by atoms with van der Waals surface area (Å²) in [4.78, 5) is 14.6. The third-order valence-electron chi connectivity index (χ3n) is 4.19. The van der Waals surface area contributed by atoms with E-state index in [0.717, 1.165) is 31.2 Å². The van der Waals surface area contributed by atoms with Gasteiger partial charge >= 0.3 is 0 Å². The maximum Gasteiger partial charge on any atom is 0.227 e. The summed E-state index contributed by atoms with van der Waals surface area (Å²) in [5, 5.41) is 0. The second-order valence-electron chi connectivity index (χ2n) is 5.78. The van der Waals surface area contributed by atoms with Crippen LogP contribution in [0.5, 0.6) is 0 Å². The van der Waals surface area contributed by atoms with Crippen molar-refractivity contribution < 1.29 is 9.18 Å². The Morgan fingerprint density at radius 2 is 1.84 bits per heavy atom. The van der Waals surface area contributed by atoms with Gasteiger partial charge in [0.15, 0.2) is 0 Å². The summed E-state index contributed by atoms with van der Waals surface area (Å²) in [5.41, 5.74) is 0.786. The summed E-state index contributed by atoms with van der Waals surface area (Å²) in [6.45, 7) is 0. The van der Waals surface area contributed by atoms with Gasteiger partial charge in [-0.15, -0.1) is 0 Å². The first kappa shape index (κ1) is 12.6. The molecule has 1 aromatic carbocycles. The molecule has 3 heteroatoms. The largest absolute Gasteiger partial charge is 0.336 e. The first-order valence-corrected chi connectivity index (χ1v) is 7.29. The molecule has 0 aromatic heterocycles. The van der Waals surface area contributed by atoms with Gasteiger partial charge in [-0.3, -0.25) is 4.79 Å². The molecule has 0 N–H and O–H groups in total. The number of hydrogen-bond donors (Lipinski definition) is 0. The molecule has 2 aliphatic carbocycles. The molecule has 1 amide bonds. The Morgan fingerprint density at radius 3 is 2.47 bits per heavy atom. The van der Waals surface area contributed by atoms with Crippen molar-refractivity contribution in [2.75, 3.05) is 0 Å². The van der Waals surface area contributed by atoms with Crippen LogP contribution in [-0.2, 0) is 11.2 Å². The molecule has 0 atom stereocenters. The second kappa shape index (κ2) is 5.32. The lowest BCUT2D eigenvalue weighted by atomic mass is 10.1. The van der Waals surface area contributed by atoms with Gasteiger partial charge in [0.2, 0.25) is 5.91 Å². The van der Waals surface area contributed by atoms with E-state index in [2.05, 4.69) is 4.90 Å². The highest BCUT2D eigenvalue weighted by Gasteiger charge is 2.37. The van der Waals surface area contributed by atoms with E-state index in [1.54, 1.807) is 6.07 Å². The maximum atomic E-state index is 13.2. The van der Waals surface area contributed by atoms with Crippen LogP contribution in [0.15, 0.2) is 24.3 Å². The van der Waals surface area contributed by atoms with E-state index in [4.69, 9.17) is 0 Å². The standard InChI is InChI=1S/C16H20FNO/c17-13-5-3-4-12(10-13)11-16(19)18(15-8-9-15)14-6-1-2-7-14/h3-5,10,14-15H,1-2,6-9,11H2. The molecule has 2 nitrogen and oxygen atoms in total. The highest BCUT2D eigenvalue weighted by Crippen LogP contribution is 2.34. The van der Waals surface area contributed by atoms with Gasteiger partial charge in [0, 0.05) is 12.1 Å². The minimum absolute atomic E-state index is 0.181. The average molecular weight is 261 g/mol. The molecule has 0 unspecified atom stereocenters. The van der Waals surface area contributed by atoms with Crippen LogP contribution in [0.1, 0.15) is 44.1 Å². The highest BCUT2D eigenvalue weighted by atomic mass is 19.1. The smallest absolute Gasteiger partial charge is 0.227 e. The molecule has 1 aromatic rings. The van der Waals surface area contributed by atoms with Crippen molar-refractivity contribution in [1.82, 2.24) is 4.90 Å².